The first-order chi connectivity index (χ1) is 7.31. The zero-order valence-corrected chi connectivity index (χ0v) is 9.94. The van der Waals surface area contributed by atoms with Gasteiger partial charge in [-0.1, -0.05) is 6.92 Å². The van der Waals surface area contributed by atoms with Crippen molar-refractivity contribution in [2.24, 2.45) is 0 Å². The lowest BCUT2D eigenvalue weighted by Crippen LogP contribution is -2.52. The average Bonchev–Trinajstić information content (AvgIpc) is 2.23. The van der Waals surface area contributed by atoms with Crippen LogP contribution in [-0.2, 0) is 10.1 Å². The Morgan fingerprint density at radius 3 is 2.12 bits per heavy atom. The maximum atomic E-state index is 10.5. The third kappa shape index (κ3) is 4.73. The van der Waals surface area contributed by atoms with Crippen molar-refractivity contribution in [3.63, 3.8) is 0 Å². The minimum atomic E-state index is -4.45. The maximum absolute atomic E-state index is 10.5. The summed E-state index contributed by atoms with van der Waals surface area (Å²) in [7, 11) is -4.45. The van der Waals surface area contributed by atoms with Crippen LogP contribution in [0.15, 0.2) is 0 Å². The van der Waals surface area contributed by atoms with Gasteiger partial charge in [0, 0.05) is 6.42 Å². The number of aliphatic hydroxyl groups excluding tert-OH is 3. The highest BCUT2D eigenvalue weighted by Crippen LogP contribution is 2.09. The highest BCUT2D eigenvalue weighted by molar-refractivity contribution is 7.86. The van der Waals surface area contributed by atoms with Gasteiger partial charge in [-0.2, -0.15) is 8.42 Å². The fourth-order valence-electron chi connectivity index (χ4n) is 1.12. The second kappa shape index (κ2) is 6.48. The molecule has 16 heavy (non-hydrogen) atoms. The van der Waals surface area contributed by atoms with Crippen molar-refractivity contribution in [1.29, 1.82) is 0 Å². The molecule has 1 atom stereocenters. The molecular weight excluding hydrogens is 238 g/mol. The van der Waals surface area contributed by atoms with E-state index >= 15 is 0 Å². The summed E-state index contributed by atoms with van der Waals surface area (Å²) in [6.45, 7) is 1.19. The zero-order chi connectivity index (χ0) is 12.8. The lowest BCUT2D eigenvalue weighted by molar-refractivity contribution is 0.0850. The van der Waals surface area contributed by atoms with Gasteiger partial charge in [0.25, 0.3) is 10.1 Å². The lowest BCUT2D eigenvalue weighted by atomic mass is 9.98. The van der Waals surface area contributed by atoms with Crippen molar-refractivity contribution in [3.05, 3.63) is 0 Å². The summed E-state index contributed by atoms with van der Waals surface area (Å²) in [5.41, 5.74) is -2.74. The molecule has 8 heteroatoms. The highest BCUT2D eigenvalue weighted by Gasteiger charge is 2.27. The molecule has 0 saturated carbocycles. The molecular formula is C8H19NO6S. The Balaban J connectivity index is 4.15. The Bertz CT molecular complexity index is 279. The number of hydrogen-bond acceptors (Lipinski definition) is 6. The molecule has 1 unspecified atom stereocenters. The van der Waals surface area contributed by atoms with Crippen molar-refractivity contribution >= 4 is 10.1 Å². The molecule has 0 heterocycles. The number of rotatable bonds is 8. The first kappa shape index (κ1) is 15.8. The fraction of sp³-hybridized carbons (Fsp3) is 1.00. The number of nitrogens with one attached hydrogen (secondary N) is 1. The van der Waals surface area contributed by atoms with Crippen LogP contribution in [0.25, 0.3) is 0 Å². The smallest absolute Gasteiger partial charge is 0.292 e. The Hall–Kier alpha value is -0.250. The molecule has 0 spiro atoms. The average molecular weight is 257 g/mol. The van der Waals surface area contributed by atoms with Crippen molar-refractivity contribution in [2.75, 3.05) is 19.8 Å². The van der Waals surface area contributed by atoms with E-state index in [2.05, 4.69) is 5.32 Å². The summed E-state index contributed by atoms with van der Waals surface area (Å²) >= 11 is 0. The van der Waals surface area contributed by atoms with Crippen LogP contribution in [0.4, 0.5) is 0 Å². The van der Waals surface area contributed by atoms with E-state index in [1.54, 1.807) is 6.92 Å². The maximum Gasteiger partial charge on any atom is 0.292 e. The third-order valence-corrected chi connectivity index (χ3v) is 3.44. The van der Waals surface area contributed by atoms with Crippen molar-refractivity contribution in [3.8, 4) is 0 Å². The van der Waals surface area contributed by atoms with Gasteiger partial charge < -0.3 is 20.6 Å². The SMILES string of the molecule is CCC(CO)(CO)NCCC(O)S(=O)(=O)O. The molecule has 0 aromatic carbocycles. The standard InChI is InChI=1S/C8H19NO6S/c1-2-8(5-10,6-11)9-4-3-7(12)16(13,14)15/h7,9-12H,2-6H2,1H3,(H,13,14,15). The minimum Gasteiger partial charge on any atom is -0.394 e. The van der Waals surface area contributed by atoms with E-state index in [4.69, 9.17) is 19.9 Å². The van der Waals surface area contributed by atoms with E-state index in [1.807, 2.05) is 0 Å². The summed E-state index contributed by atoms with van der Waals surface area (Å²) in [5, 5.41) is 29.8. The zero-order valence-electron chi connectivity index (χ0n) is 9.13. The van der Waals surface area contributed by atoms with Gasteiger partial charge in [0.15, 0.2) is 5.44 Å². The summed E-state index contributed by atoms with van der Waals surface area (Å²) in [5.74, 6) is 0. The van der Waals surface area contributed by atoms with Crippen molar-refractivity contribution in [1.82, 2.24) is 5.32 Å². The van der Waals surface area contributed by atoms with Crippen molar-refractivity contribution in [2.45, 2.75) is 30.7 Å². The lowest BCUT2D eigenvalue weighted by Gasteiger charge is -2.30. The molecule has 7 nitrogen and oxygen atoms in total. The van der Waals surface area contributed by atoms with Gasteiger partial charge in [-0.3, -0.25) is 4.55 Å². The monoisotopic (exact) mass is 257 g/mol. The second-order valence-electron chi connectivity index (χ2n) is 3.64. The van der Waals surface area contributed by atoms with E-state index in [0.717, 1.165) is 0 Å². The van der Waals surface area contributed by atoms with Crippen molar-refractivity contribution < 1.29 is 28.3 Å². The van der Waals surface area contributed by atoms with Gasteiger partial charge >= 0.3 is 0 Å². The van der Waals surface area contributed by atoms with Gasteiger partial charge in [0.2, 0.25) is 0 Å². The molecule has 98 valence electrons. The Kier molecular flexibility index (Phi) is 6.38. The molecule has 0 aliphatic rings. The molecule has 0 rings (SSSR count). The second-order valence-corrected chi connectivity index (χ2v) is 5.21. The van der Waals surface area contributed by atoms with E-state index in [0.29, 0.717) is 6.42 Å². The summed E-state index contributed by atoms with van der Waals surface area (Å²) < 4.78 is 29.4. The Morgan fingerprint density at radius 2 is 1.81 bits per heavy atom. The molecule has 0 fully saturated rings. The van der Waals surface area contributed by atoms with Crippen LogP contribution in [-0.4, -0.2) is 59.0 Å². The Morgan fingerprint density at radius 1 is 1.31 bits per heavy atom. The minimum absolute atomic E-state index is 0.0515. The summed E-state index contributed by atoms with van der Waals surface area (Å²) in [4.78, 5) is 0. The molecule has 0 saturated heterocycles. The first-order valence-corrected chi connectivity index (χ1v) is 6.43. The molecule has 0 aromatic rings. The summed E-state index contributed by atoms with van der Waals surface area (Å²) in [6.07, 6.45) is 0.225. The molecule has 0 bridgehead atoms. The van der Waals surface area contributed by atoms with Gasteiger partial charge in [0.1, 0.15) is 0 Å². The fourth-order valence-corrected chi connectivity index (χ4v) is 1.54. The molecule has 0 radical (unpaired) electrons. The van der Waals surface area contributed by atoms with Gasteiger partial charge in [-0.25, -0.2) is 0 Å². The van der Waals surface area contributed by atoms with Crippen LogP contribution in [0.1, 0.15) is 19.8 Å². The normalized spacial score (nSPS) is 15.1. The van der Waals surface area contributed by atoms with Crippen LogP contribution in [0.2, 0.25) is 0 Å². The quantitative estimate of drug-likeness (QED) is 0.328. The topological polar surface area (TPSA) is 127 Å². The van der Waals surface area contributed by atoms with E-state index in [-0.39, 0.29) is 26.2 Å². The van der Waals surface area contributed by atoms with E-state index in [9.17, 15) is 8.42 Å². The molecule has 0 amide bonds. The summed E-state index contributed by atoms with van der Waals surface area (Å²) in [6, 6.07) is 0. The largest absolute Gasteiger partial charge is 0.394 e. The molecule has 0 aliphatic heterocycles. The van der Waals surface area contributed by atoms with Gasteiger partial charge in [0.05, 0.1) is 18.8 Å². The van der Waals surface area contributed by atoms with Crippen LogP contribution < -0.4 is 5.32 Å². The number of aliphatic hydroxyl groups is 3. The predicted octanol–water partition coefficient (Wildman–Crippen LogP) is -1.69. The predicted molar refractivity (Wildman–Crippen MR) is 57.4 cm³/mol. The Labute approximate surface area is 94.9 Å². The van der Waals surface area contributed by atoms with Gasteiger partial charge in [-0.15, -0.1) is 0 Å². The molecule has 0 aliphatic carbocycles. The van der Waals surface area contributed by atoms with Crippen LogP contribution in [0.3, 0.4) is 0 Å². The van der Waals surface area contributed by atoms with E-state index in [1.165, 1.54) is 0 Å². The third-order valence-electron chi connectivity index (χ3n) is 2.52. The van der Waals surface area contributed by atoms with Crippen LogP contribution >= 0.6 is 0 Å². The van der Waals surface area contributed by atoms with Crippen LogP contribution in [0.5, 0.6) is 0 Å². The first-order valence-electron chi connectivity index (χ1n) is 4.92. The number of hydrogen-bond donors (Lipinski definition) is 5. The van der Waals surface area contributed by atoms with Gasteiger partial charge in [-0.05, 0) is 13.0 Å². The highest BCUT2D eigenvalue weighted by atomic mass is 32.2. The molecule has 5 N–H and O–H groups in total. The molecule has 0 aromatic heterocycles. The van der Waals surface area contributed by atoms with Crippen LogP contribution in [0, 0.1) is 0 Å². The van der Waals surface area contributed by atoms with E-state index < -0.39 is 21.1 Å².